The van der Waals surface area contributed by atoms with E-state index < -0.39 is 0 Å². The number of ether oxygens (including phenoxy) is 1. The summed E-state index contributed by atoms with van der Waals surface area (Å²) in [5.74, 6) is 2.08. The summed E-state index contributed by atoms with van der Waals surface area (Å²) in [5.41, 5.74) is 0. The SMILES string of the molecule is C=CCC[Si]1CCC(C2CCC(OCC)CC2)CC1. The molecule has 2 aliphatic rings. The quantitative estimate of drug-likeness (QED) is 0.487. The van der Waals surface area contributed by atoms with E-state index in [0.29, 0.717) is 6.10 Å². The number of allylic oxidation sites excluding steroid dienone is 1. The predicted molar refractivity (Wildman–Crippen MR) is 85.1 cm³/mol. The van der Waals surface area contributed by atoms with E-state index in [1.807, 2.05) is 0 Å². The van der Waals surface area contributed by atoms with E-state index >= 15 is 0 Å². The average molecular weight is 280 g/mol. The zero-order valence-corrected chi connectivity index (χ0v) is 13.7. The number of hydrogen-bond donors (Lipinski definition) is 0. The summed E-state index contributed by atoms with van der Waals surface area (Å²) in [5, 5.41) is 0. The van der Waals surface area contributed by atoms with Gasteiger partial charge in [-0.1, -0.05) is 37.0 Å². The Morgan fingerprint density at radius 2 is 1.68 bits per heavy atom. The van der Waals surface area contributed by atoms with E-state index in [1.165, 1.54) is 51.0 Å². The van der Waals surface area contributed by atoms with Gasteiger partial charge in [0.05, 0.1) is 6.10 Å². The maximum absolute atomic E-state index is 5.78. The van der Waals surface area contributed by atoms with Crippen LogP contribution in [-0.4, -0.2) is 21.5 Å². The Balaban J connectivity index is 1.66. The van der Waals surface area contributed by atoms with Crippen molar-refractivity contribution in [2.75, 3.05) is 6.61 Å². The van der Waals surface area contributed by atoms with Gasteiger partial charge in [-0.15, -0.1) is 6.58 Å². The van der Waals surface area contributed by atoms with Crippen molar-refractivity contribution in [3.8, 4) is 0 Å². The van der Waals surface area contributed by atoms with Gasteiger partial charge in [0, 0.05) is 15.4 Å². The molecule has 0 spiro atoms. The molecule has 0 aromatic carbocycles. The van der Waals surface area contributed by atoms with Crippen LogP contribution in [0.2, 0.25) is 18.1 Å². The molecule has 0 N–H and O–H groups in total. The van der Waals surface area contributed by atoms with E-state index in [-0.39, 0.29) is 8.80 Å². The Hall–Kier alpha value is -0.0831. The smallest absolute Gasteiger partial charge is 0.0575 e. The molecule has 0 atom stereocenters. The van der Waals surface area contributed by atoms with Crippen molar-refractivity contribution >= 4 is 8.80 Å². The zero-order chi connectivity index (χ0) is 13.5. The highest BCUT2D eigenvalue weighted by atomic mass is 28.3. The van der Waals surface area contributed by atoms with Gasteiger partial charge in [0.25, 0.3) is 0 Å². The fourth-order valence-electron chi connectivity index (χ4n) is 4.04. The standard InChI is InChI=1S/C17H31OSi/c1-3-5-12-19-13-10-16(11-14-19)15-6-8-17(9-7-15)18-4-2/h3,15-17H,1,4-14H2,2H3. The van der Waals surface area contributed by atoms with E-state index in [4.69, 9.17) is 4.74 Å². The Bertz CT molecular complexity index is 250. The van der Waals surface area contributed by atoms with Crippen LogP contribution in [0.4, 0.5) is 0 Å². The zero-order valence-electron chi connectivity index (χ0n) is 12.7. The lowest BCUT2D eigenvalue weighted by Gasteiger charge is -2.37. The molecule has 1 heterocycles. The second-order valence-electron chi connectivity index (χ2n) is 6.41. The third-order valence-electron chi connectivity index (χ3n) is 5.23. The minimum atomic E-state index is 0.00407. The Kier molecular flexibility index (Phi) is 6.65. The third-order valence-corrected chi connectivity index (χ3v) is 8.21. The molecule has 1 saturated heterocycles. The first-order chi connectivity index (χ1) is 9.33. The highest BCUT2D eigenvalue weighted by molar-refractivity contribution is 6.59. The van der Waals surface area contributed by atoms with Gasteiger partial charge in [0.15, 0.2) is 0 Å². The largest absolute Gasteiger partial charge is 0.379 e. The molecule has 2 heteroatoms. The van der Waals surface area contributed by atoms with Gasteiger partial charge in [0.1, 0.15) is 0 Å². The van der Waals surface area contributed by atoms with E-state index in [9.17, 15) is 0 Å². The van der Waals surface area contributed by atoms with Crippen LogP contribution >= 0.6 is 0 Å². The topological polar surface area (TPSA) is 9.23 Å². The molecule has 0 aromatic rings. The van der Waals surface area contributed by atoms with Gasteiger partial charge in [-0.2, -0.15) is 0 Å². The number of hydrogen-bond acceptors (Lipinski definition) is 1. The molecule has 19 heavy (non-hydrogen) atoms. The molecule has 1 nitrogen and oxygen atoms in total. The first-order valence-corrected chi connectivity index (χ1v) is 10.5. The second-order valence-corrected chi connectivity index (χ2v) is 9.41. The molecule has 2 fully saturated rings. The van der Waals surface area contributed by atoms with Crippen molar-refractivity contribution in [2.24, 2.45) is 11.8 Å². The van der Waals surface area contributed by atoms with Crippen LogP contribution in [0, 0.1) is 11.8 Å². The molecule has 0 amide bonds. The Morgan fingerprint density at radius 1 is 1.05 bits per heavy atom. The molecule has 0 aromatic heterocycles. The second kappa shape index (κ2) is 8.26. The van der Waals surface area contributed by atoms with Crippen molar-refractivity contribution in [1.82, 2.24) is 0 Å². The molecule has 2 rings (SSSR count). The van der Waals surface area contributed by atoms with E-state index in [1.54, 1.807) is 12.1 Å². The van der Waals surface area contributed by atoms with Crippen LogP contribution in [0.1, 0.15) is 51.9 Å². The van der Waals surface area contributed by atoms with Crippen LogP contribution in [0.3, 0.4) is 0 Å². The van der Waals surface area contributed by atoms with Crippen LogP contribution in [0.15, 0.2) is 12.7 Å². The van der Waals surface area contributed by atoms with Crippen molar-refractivity contribution in [2.45, 2.75) is 76.1 Å². The monoisotopic (exact) mass is 279 g/mol. The predicted octanol–water partition coefficient (Wildman–Crippen LogP) is 5.06. The molecule has 109 valence electrons. The van der Waals surface area contributed by atoms with Crippen LogP contribution in [0.25, 0.3) is 0 Å². The Morgan fingerprint density at radius 3 is 2.26 bits per heavy atom. The van der Waals surface area contributed by atoms with Crippen LogP contribution in [0.5, 0.6) is 0 Å². The van der Waals surface area contributed by atoms with Gasteiger partial charge in [-0.25, -0.2) is 0 Å². The summed E-state index contributed by atoms with van der Waals surface area (Å²) in [4.78, 5) is 0. The average Bonchev–Trinajstić information content (AvgIpc) is 2.47. The van der Waals surface area contributed by atoms with Crippen molar-refractivity contribution in [3.05, 3.63) is 12.7 Å². The van der Waals surface area contributed by atoms with Gasteiger partial charge >= 0.3 is 0 Å². The summed E-state index contributed by atoms with van der Waals surface area (Å²) in [6.07, 6.45) is 12.5. The molecule has 1 saturated carbocycles. The summed E-state index contributed by atoms with van der Waals surface area (Å²) in [7, 11) is 0.00407. The molecule has 1 aliphatic carbocycles. The van der Waals surface area contributed by atoms with Gasteiger partial charge in [-0.3, -0.25) is 0 Å². The van der Waals surface area contributed by atoms with Crippen molar-refractivity contribution < 1.29 is 4.74 Å². The van der Waals surface area contributed by atoms with Gasteiger partial charge in [-0.05, 0) is 50.9 Å². The summed E-state index contributed by atoms with van der Waals surface area (Å²) < 4.78 is 5.78. The van der Waals surface area contributed by atoms with Crippen molar-refractivity contribution in [1.29, 1.82) is 0 Å². The summed E-state index contributed by atoms with van der Waals surface area (Å²) in [6.45, 7) is 6.88. The maximum Gasteiger partial charge on any atom is 0.0575 e. The molecule has 0 bridgehead atoms. The summed E-state index contributed by atoms with van der Waals surface area (Å²) in [6, 6.07) is 4.64. The van der Waals surface area contributed by atoms with Gasteiger partial charge in [0.2, 0.25) is 0 Å². The molecular formula is C17H31OSi. The lowest BCUT2D eigenvalue weighted by molar-refractivity contribution is 0.0171. The number of rotatable bonds is 6. The van der Waals surface area contributed by atoms with Gasteiger partial charge < -0.3 is 4.74 Å². The Labute approximate surface area is 121 Å². The first kappa shape index (κ1) is 15.3. The fourth-order valence-corrected chi connectivity index (χ4v) is 6.96. The third kappa shape index (κ3) is 4.75. The lowest BCUT2D eigenvalue weighted by atomic mass is 9.76. The molecule has 1 radical (unpaired) electrons. The van der Waals surface area contributed by atoms with Crippen LogP contribution in [-0.2, 0) is 4.74 Å². The molecular weight excluding hydrogens is 248 g/mol. The van der Waals surface area contributed by atoms with Crippen LogP contribution < -0.4 is 0 Å². The lowest BCUT2D eigenvalue weighted by Crippen LogP contribution is -2.30. The summed E-state index contributed by atoms with van der Waals surface area (Å²) >= 11 is 0. The normalized spacial score (nSPS) is 30.4. The highest BCUT2D eigenvalue weighted by Gasteiger charge is 2.31. The first-order valence-electron chi connectivity index (χ1n) is 8.39. The van der Waals surface area contributed by atoms with E-state index in [2.05, 4.69) is 19.6 Å². The molecule has 0 unspecified atom stereocenters. The minimum absolute atomic E-state index is 0.00407. The minimum Gasteiger partial charge on any atom is -0.379 e. The fraction of sp³-hybridized carbons (Fsp3) is 0.882. The maximum atomic E-state index is 5.78. The molecule has 1 aliphatic heterocycles. The highest BCUT2D eigenvalue weighted by Crippen LogP contribution is 2.40. The van der Waals surface area contributed by atoms with E-state index in [0.717, 1.165) is 18.4 Å². The van der Waals surface area contributed by atoms with Crippen molar-refractivity contribution in [3.63, 3.8) is 0 Å².